The summed E-state index contributed by atoms with van der Waals surface area (Å²) >= 11 is 0. The highest BCUT2D eigenvalue weighted by Gasteiger charge is 2.23. The van der Waals surface area contributed by atoms with Crippen LogP contribution in [0.25, 0.3) is 0 Å². The second kappa shape index (κ2) is 6.62. The molecule has 2 aromatic carbocycles. The minimum Gasteiger partial charge on any atom is -0.504 e. The van der Waals surface area contributed by atoms with Gasteiger partial charge in [-0.2, -0.15) is 0 Å². The van der Waals surface area contributed by atoms with Crippen molar-refractivity contribution in [2.75, 3.05) is 0 Å². The highest BCUT2D eigenvalue weighted by Crippen LogP contribution is 2.35. The van der Waals surface area contributed by atoms with E-state index < -0.39 is 17.1 Å². The van der Waals surface area contributed by atoms with E-state index in [0.717, 1.165) is 0 Å². The molecule has 6 nitrogen and oxygen atoms in total. The summed E-state index contributed by atoms with van der Waals surface area (Å²) in [5, 5.41) is 19.0. The molecule has 0 radical (unpaired) electrons. The van der Waals surface area contributed by atoms with Crippen LogP contribution in [0.15, 0.2) is 42.5 Å². The first-order valence-corrected chi connectivity index (χ1v) is 7.24. The maximum absolute atomic E-state index is 12.0. The van der Waals surface area contributed by atoms with E-state index in [1.807, 2.05) is 0 Å². The van der Waals surface area contributed by atoms with Gasteiger partial charge in [-0.1, -0.05) is 6.07 Å². The number of hydrogen-bond donors (Lipinski definition) is 2. The molecule has 0 spiro atoms. The molecule has 0 unspecified atom stereocenters. The summed E-state index contributed by atoms with van der Waals surface area (Å²) in [6.45, 7) is 5.22. The van der Waals surface area contributed by atoms with Crippen molar-refractivity contribution < 1.29 is 29.3 Å². The van der Waals surface area contributed by atoms with Gasteiger partial charge in [-0.15, -0.1) is 0 Å². The number of aromatic hydroxyl groups is 2. The molecule has 2 N–H and O–H groups in total. The summed E-state index contributed by atoms with van der Waals surface area (Å²) in [7, 11) is 0. The van der Waals surface area contributed by atoms with Crippen LogP contribution in [-0.2, 0) is 4.79 Å². The molecular weight excluding hydrogens is 312 g/mol. The lowest BCUT2D eigenvalue weighted by Gasteiger charge is -2.16. The molecule has 0 aromatic heterocycles. The van der Waals surface area contributed by atoms with Gasteiger partial charge in [-0.25, -0.2) is 4.79 Å². The molecule has 0 aliphatic heterocycles. The molecule has 0 saturated heterocycles. The first kappa shape index (κ1) is 17.3. The third-order valence-corrected chi connectivity index (χ3v) is 3.09. The molecule has 0 bridgehead atoms. The lowest BCUT2D eigenvalue weighted by atomic mass is 9.97. The lowest BCUT2D eigenvalue weighted by molar-refractivity contribution is -0.142. The van der Waals surface area contributed by atoms with E-state index in [1.54, 1.807) is 20.8 Å². The summed E-state index contributed by atoms with van der Waals surface area (Å²) in [6, 6.07) is 9.89. The lowest BCUT2D eigenvalue weighted by Crippen LogP contribution is -2.25. The van der Waals surface area contributed by atoms with Crippen molar-refractivity contribution in [3.05, 3.63) is 48.0 Å². The first-order valence-electron chi connectivity index (χ1n) is 7.24. The molecule has 126 valence electrons. The molecule has 0 heterocycles. The number of carbonyl (C=O) groups is 2. The maximum Gasteiger partial charge on any atom is 0.343 e. The van der Waals surface area contributed by atoms with Gasteiger partial charge in [-0.05, 0) is 57.2 Å². The number of rotatable bonds is 3. The van der Waals surface area contributed by atoms with Crippen LogP contribution in [0.4, 0.5) is 0 Å². The monoisotopic (exact) mass is 330 g/mol. The fourth-order valence-corrected chi connectivity index (χ4v) is 1.67. The third kappa shape index (κ3) is 4.04. The Morgan fingerprint density at radius 1 is 0.917 bits per heavy atom. The summed E-state index contributed by atoms with van der Waals surface area (Å²) in [4.78, 5) is 23.8. The minimum absolute atomic E-state index is 0.150. The normalized spacial score (nSPS) is 11.0. The second-order valence-corrected chi connectivity index (χ2v) is 6.18. The van der Waals surface area contributed by atoms with Crippen LogP contribution in [0.1, 0.15) is 31.1 Å². The van der Waals surface area contributed by atoms with E-state index in [2.05, 4.69) is 0 Å². The number of phenolic OH excluding ortho intramolecular Hbond substituents is 2. The predicted octanol–water partition coefficient (Wildman–Crippen LogP) is 3.27. The fraction of sp³-hybridized carbons (Fsp3) is 0.222. The van der Waals surface area contributed by atoms with Gasteiger partial charge in [-0.3, -0.25) is 4.79 Å². The average Bonchev–Trinajstić information content (AvgIpc) is 2.51. The van der Waals surface area contributed by atoms with Crippen molar-refractivity contribution in [3.63, 3.8) is 0 Å². The largest absolute Gasteiger partial charge is 0.504 e. The van der Waals surface area contributed by atoms with Crippen molar-refractivity contribution in [1.82, 2.24) is 0 Å². The number of para-hydroxylation sites is 1. The molecule has 2 rings (SSSR count). The summed E-state index contributed by atoms with van der Waals surface area (Å²) in [6.07, 6.45) is 0. The Balaban J connectivity index is 2.09. The van der Waals surface area contributed by atoms with Crippen molar-refractivity contribution in [1.29, 1.82) is 0 Å². The van der Waals surface area contributed by atoms with E-state index in [1.165, 1.54) is 42.5 Å². The SMILES string of the molecule is CC(C)(C)C(=O)Oc1ccc(C(=O)Oc2cccc(O)c2O)cc1. The van der Waals surface area contributed by atoms with Gasteiger partial charge >= 0.3 is 11.9 Å². The first-order chi connectivity index (χ1) is 11.2. The van der Waals surface area contributed by atoms with Crippen LogP contribution >= 0.6 is 0 Å². The molecule has 0 amide bonds. The van der Waals surface area contributed by atoms with Gasteiger partial charge in [0.25, 0.3) is 0 Å². The number of phenols is 2. The molecule has 0 fully saturated rings. The average molecular weight is 330 g/mol. The predicted molar refractivity (Wildman–Crippen MR) is 86.3 cm³/mol. The molecule has 0 aliphatic carbocycles. The van der Waals surface area contributed by atoms with Gasteiger partial charge in [0.2, 0.25) is 5.75 Å². The zero-order valence-corrected chi connectivity index (χ0v) is 13.6. The maximum atomic E-state index is 12.0. The summed E-state index contributed by atoms with van der Waals surface area (Å²) in [5.41, 5.74) is -0.432. The van der Waals surface area contributed by atoms with Crippen LogP contribution in [0.5, 0.6) is 23.0 Å². The Morgan fingerprint density at radius 3 is 2.12 bits per heavy atom. The van der Waals surface area contributed by atoms with E-state index in [0.29, 0.717) is 5.75 Å². The number of benzene rings is 2. The molecule has 2 aromatic rings. The number of hydrogen-bond acceptors (Lipinski definition) is 6. The second-order valence-electron chi connectivity index (χ2n) is 6.18. The van der Waals surface area contributed by atoms with Crippen LogP contribution in [0.3, 0.4) is 0 Å². The Kier molecular flexibility index (Phi) is 4.78. The van der Waals surface area contributed by atoms with Crippen molar-refractivity contribution in [3.8, 4) is 23.0 Å². The minimum atomic E-state index is -0.718. The quantitative estimate of drug-likeness (QED) is 0.510. The molecule has 0 atom stereocenters. The zero-order valence-electron chi connectivity index (χ0n) is 13.6. The number of carbonyl (C=O) groups excluding carboxylic acids is 2. The summed E-state index contributed by atoms with van der Waals surface area (Å²) < 4.78 is 10.2. The fourth-order valence-electron chi connectivity index (χ4n) is 1.67. The molecule has 24 heavy (non-hydrogen) atoms. The standard InChI is InChI=1S/C18H18O6/c1-18(2,3)17(22)23-12-9-7-11(8-10-12)16(21)24-14-6-4-5-13(19)15(14)20/h4-10,19-20H,1-3H3. The molecular formula is C18H18O6. The van der Waals surface area contributed by atoms with Crippen LogP contribution < -0.4 is 9.47 Å². The van der Waals surface area contributed by atoms with E-state index in [4.69, 9.17) is 9.47 Å². The Morgan fingerprint density at radius 2 is 1.54 bits per heavy atom. The van der Waals surface area contributed by atoms with Crippen LogP contribution in [0.2, 0.25) is 0 Å². The topological polar surface area (TPSA) is 93.1 Å². The molecule has 0 aliphatic rings. The van der Waals surface area contributed by atoms with Crippen LogP contribution in [-0.4, -0.2) is 22.2 Å². The van der Waals surface area contributed by atoms with Gasteiger partial charge in [0.15, 0.2) is 11.5 Å². The van der Waals surface area contributed by atoms with E-state index in [-0.39, 0.29) is 23.0 Å². The summed E-state index contributed by atoms with van der Waals surface area (Å²) in [5.74, 6) is -1.84. The van der Waals surface area contributed by atoms with Crippen LogP contribution in [0, 0.1) is 5.41 Å². The molecule has 0 saturated carbocycles. The van der Waals surface area contributed by atoms with Crippen molar-refractivity contribution in [2.45, 2.75) is 20.8 Å². The molecule has 6 heteroatoms. The Bertz CT molecular complexity index is 756. The highest BCUT2D eigenvalue weighted by molar-refractivity contribution is 5.91. The van der Waals surface area contributed by atoms with Gasteiger partial charge in [0.05, 0.1) is 11.0 Å². The van der Waals surface area contributed by atoms with Gasteiger partial charge in [0.1, 0.15) is 5.75 Å². The van der Waals surface area contributed by atoms with E-state index >= 15 is 0 Å². The van der Waals surface area contributed by atoms with E-state index in [9.17, 15) is 19.8 Å². The highest BCUT2D eigenvalue weighted by atomic mass is 16.5. The number of ether oxygens (including phenoxy) is 2. The third-order valence-electron chi connectivity index (χ3n) is 3.09. The smallest absolute Gasteiger partial charge is 0.343 e. The van der Waals surface area contributed by atoms with Crippen molar-refractivity contribution >= 4 is 11.9 Å². The Hall–Kier alpha value is -3.02. The zero-order chi connectivity index (χ0) is 17.9. The van der Waals surface area contributed by atoms with Gasteiger partial charge < -0.3 is 19.7 Å². The number of esters is 2. The Labute approximate surface area is 139 Å². The van der Waals surface area contributed by atoms with Crippen molar-refractivity contribution in [2.24, 2.45) is 5.41 Å². The van der Waals surface area contributed by atoms with Gasteiger partial charge in [0, 0.05) is 0 Å².